The second-order valence-corrected chi connectivity index (χ2v) is 5.53. The van der Waals surface area contributed by atoms with Crippen molar-refractivity contribution in [3.8, 4) is 0 Å². The fraction of sp³-hybridized carbons (Fsp3) is 0.467. The van der Waals surface area contributed by atoms with Gasteiger partial charge in [0.25, 0.3) is 0 Å². The van der Waals surface area contributed by atoms with Crippen molar-refractivity contribution in [3.63, 3.8) is 0 Å². The molecule has 0 saturated carbocycles. The van der Waals surface area contributed by atoms with Crippen LogP contribution in [0.2, 0.25) is 0 Å². The minimum Gasteiger partial charge on any atom is -0.142 e. The molecule has 0 aliphatic carbocycles. The molecule has 1 aromatic rings. The minimum absolute atomic E-state index is 0.581. The molecule has 1 rings (SSSR count). The summed E-state index contributed by atoms with van der Waals surface area (Å²) >= 11 is 0. The highest BCUT2D eigenvalue weighted by molar-refractivity contribution is 7.48. The number of rotatable bonds is 9. The lowest BCUT2D eigenvalue weighted by atomic mass is 10.1. The van der Waals surface area contributed by atoms with Gasteiger partial charge >= 0.3 is 8.03 Å². The van der Waals surface area contributed by atoms with Crippen LogP contribution in [0.15, 0.2) is 36.9 Å². The van der Waals surface area contributed by atoms with Crippen molar-refractivity contribution in [2.45, 2.75) is 39.0 Å². The number of hydrogen-bond acceptors (Lipinski definition) is 2. The second kappa shape index (κ2) is 9.02. The van der Waals surface area contributed by atoms with Crippen molar-refractivity contribution >= 4 is 13.3 Å². The van der Waals surface area contributed by atoms with Gasteiger partial charge < -0.3 is 0 Å². The Kier molecular flexibility index (Phi) is 7.55. The lowest BCUT2D eigenvalue weighted by Crippen LogP contribution is -2.06. The van der Waals surface area contributed by atoms with Gasteiger partial charge in [-0.2, -0.15) is 0 Å². The third-order valence-electron chi connectivity index (χ3n) is 2.76. The second-order valence-electron chi connectivity index (χ2n) is 4.27. The smallest absolute Gasteiger partial charge is 0.142 e. The maximum Gasteiger partial charge on any atom is 0.549 e. The Morgan fingerprint density at radius 2 is 2.06 bits per heavy atom. The number of allylic oxidation sites excluding steroid dienone is 1. The van der Waals surface area contributed by atoms with Gasteiger partial charge in [-0.05, 0) is 23.5 Å². The van der Waals surface area contributed by atoms with Crippen LogP contribution in [-0.2, 0) is 15.5 Å². The largest absolute Gasteiger partial charge is 0.549 e. The van der Waals surface area contributed by atoms with Gasteiger partial charge in [-0.1, -0.05) is 50.5 Å². The molecule has 0 aromatic heterocycles. The summed E-state index contributed by atoms with van der Waals surface area (Å²) in [7, 11) is -1.73. The molecule has 0 radical (unpaired) electrons. The molecule has 0 N–H and O–H groups in total. The molecular formula is C15H22O2P+. The van der Waals surface area contributed by atoms with Crippen molar-refractivity contribution in [2.75, 3.05) is 6.61 Å². The molecule has 0 aliphatic heterocycles. The fourth-order valence-corrected chi connectivity index (χ4v) is 2.81. The van der Waals surface area contributed by atoms with Crippen LogP contribution < -0.4 is 5.30 Å². The number of hydrogen-bond donors (Lipinski definition) is 0. The van der Waals surface area contributed by atoms with Gasteiger partial charge in [0.05, 0.1) is 0 Å². The van der Waals surface area contributed by atoms with Crippen molar-refractivity contribution in [1.29, 1.82) is 0 Å². The molecule has 0 heterocycles. The molecule has 3 heteroatoms. The molecule has 1 unspecified atom stereocenters. The predicted octanol–water partition coefficient (Wildman–Crippen LogP) is 4.38. The highest BCUT2D eigenvalue weighted by atomic mass is 31.1. The fourth-order valence-electron chi connectivity index (χ4n) is 1.76. The van der Waals surface area contributed by atoms with Crippen LogP contribution in [0.1, 0.15) is 38.2 Å². The van der Waals surface area contributed by atoms with Gasteiger partial charge in [0.1, 0.15) is 6.61 Å². The van der Waals surface area contributed by atoms with Gasteiger partial charge in [0, 0.05) is 5.56 Å². The van der Waals surface area contributed by atoms with Crippen molar-refractivity contribution in [3.05, 3.63) is 42.5 Å². The first-order valence-corrected chi connectivity index (χ1v) is 7.76. The zero-order chi connectivity index (χ0) is 13.2. The molecule has 0 spiro atoms. The summed E-state index contributed by atoms with van der Waals surface area (Å²) in [6, 6.07) is 7.70. The highest BCUT2D eigenvalue weighted by Crippen LogP contribution is 2.24. The first kappa shape index (κ1) is 15.1. The molecule has 0 bridgehead atoms. The first-order valence-electron chi connectivity index (χ1n) is 6.58. The summed E-state index contributed by atoms with van der Waals surface area (Å²) < 4.78 is 17.5. The van der Waals surface area contributed by atoms with Crippen LogP contribution in [0, 0.1) is 0 Å². The van der Waals surface area contributed by atoms with E-state index in [4.69, 9.17) is 4.52 Å². The third kappa shape index (κ3) is 5.12. The van der Waals surface area contributed by atoms with E-state index in [1.165, 1.54) is 12.8 Å². The standard InChI is InChI=1S/C15H22O2P/c1-3-5-6-9-13-17-18(16)15-12-8-7-11-14(15)10-4-2/h4,7-8,11-12H,2-3,5-6,9-10,13H2,1H3/q+1. The van der Waals surface area contributed by atoms with Gasteiger partial charge in [-0.3, -0.25) is 0 Å². The molecule has 2 nitrogen and oxygen atoms in total. The van der Waals surface area contributed by atoms with Gasteiger partial charge in [-0.15, -0.1) is 11.1 Å². The Labute approximate surface area is 111 Å². The predicted molar refractivity (Wildman–Crippen MR) is 77.7 cm³/mol. The zero-order valence-electron chi connectivity index (χ0n) is 11.1. The average Bonchev–Trinajstić information content (AvgIpc) is 2.39. The van der Waals surface area contributed by atoms with E-state index < -0.39 is 8.03 Å². The average molecular weight is 265 g/mol. The molecule has 1 atom stereocenters. The van der Waals surface area contributed by atoms with E-state index >= 15 is 0 Å². The molecule has 98 valence electrons. The van der Waals surface area contributed by atoms with E-state index in [2.05, 4.69) is 13.5 Å². The van der Waals surface area contributed by atoms with E-state index in [0.717, 1.165) is 30.1 Å². The summed E-state index contributed by atoms with van der Waals surface area (Å²) in [6.07, 6.45) is 7.10. The maximum absolute atomic E-state index is 12.1. The van der Waals surface area contributed by atoms with E-state index in [1.807, 2.05) is 30.3 Å². The Morgan fingerprint density at radius 3 is 2.78 bits per heavy atom. The molecule has 0 amide bonds. The number of unbranched alkanes of at least 4 members (excludes halogenated alkanes) is 3. The van der Waals surface area contributed by atoms with E-state index in [9.17, 15) is 4.57 Å². The van der Waals surface area contributed by atoms with Crippen molar-refractivity contribution < 1.29 is 9.09 Å². The van der Waals surface area contributed by atoms with E-state index in [0.29, 0.717) is 6.61 Å². The Balaban J connectivity index is 2.48. The molecule has 0 fully saturated rings. The quantitative estimate of drug-likeness (QED) is 0.376. The summed E-state index contributed by atoms with van der Waals surface area (Å²) in [5.74, 6) is 0. The lowest BCUT2D eigenvalue weighted by molar-refractivity contribution is 0.322. The van der Waals surface area contributed by atoms with Gasteiger partial charge in [0.2, 0.25) is 5.30 Å². The molecule has 1 aromatic carbocycles. The summed E-state index contributed by atoms with van der Waals surface area (Å²) in [5.41, 5.74) is 1.04. The van der Waals surface area contributed by atoms with Gasteiger partial charge in [0.15, 0.2) is 0 Å². The monoisotopic (exact) mass is 265 g/mol. The van der Waals surface area contributed by atoms with Crippen LogP contribution in [0.3, 0.4) is 0 Å². The molecule has 0 saturated heterocycles. The highest BCUT2D eigenvalue weighted by Gasteiger charge is 2.24. The molecule has 18 heavy (non-hydrogen) atoms. The molecular weight excluding hydrogens is 243 g/mol. The van der Waals surface area contributed by atoms with Crippen LogP contribution in [-0.4, -0.2) is 6.61 Å². The summed E-state index contributed by atoms with van der Waals surface area (Å²) in [6.45, 7) is 6.47. The SMILES string of the molecule is C=CCc1ccccc1[P+](=O)OCCCCCC. The lowest BCUT2D eigenvalue weighted by Gasteiger charge is -1.98. The van der Waals surface area contributed by atoms with E-state index in [-0.39, 0.29) is 0 Å². The Hall–Kier alpha value is -0.980. The van der Waals surface area contributed by atoms with Crippen LogP contribution in [0.25, 0.3) is 0 Å². The van der Waals surface area contributed by atoms with Crippen LogP contribution in [0.4, 0.5) is 0 Å². The summed E-state index contributed by atoms with van der Waals surface area (Å²) in [4.78, 5) is 0. The van der Waals surface area contributed by atoms with Crippen LogP contribution >= 0.6 is 8.03 Å². The topological polar surface area (TPSA) is 26.3 Å². The Bertz CT molecular complexity index is 388. The maximum atomic E-state index is 12.1. The summed E-state index contributed by atoms with van der Waals surface area (Å²) in [5, 5.41) is 0.808. The minimum atomic E-state index is -1.73. The van der Waals surface area contributed by atoms with Crippen molar-refractivity contribution in [1.82, 2.24) is 0 Å². The van der Waals surface area contributed by atoms with E-state index in [1.54, 1.807) is 0 Å². The normalized spacial score (nSPS) is 11.3. The third-order valence-corrected chi connectivity index (χ3v) is 4.01. The molecule has 0 aliphatic rings. The van der Waals surface area contributed by atoms with Crippen LogP contribution in [0.5, 0.6) is 0 Å². The number of benzene rings is 1. The Morgan fingerprint density at radius 1 is 1.28 bits per heavy atom. The van der Waals surface area contributed by atoms with Crippen molar-refractivity contribution in [2.24, 2.45) is 0 Å². The zero-order valence-corrected chi connectivity index (χ0v) is 12.0. The first-order chi connectivity index (χ1) is 8.79. The van der Waals surface area contributed by atoms with Gasteiger partial charge in [-0.25, -0.2) is 0 Å².